The molecule has 0 unspecified atom stereocenters. The van der Waals surface area contributed by atoms with E-state index >= 15 is 0 Å². The van der Waals surface area contributed by atoms with Crippen molar-refractivity contribution in [2.45, 2.75) is 6.92 Å². The Balaban J connectivity index is 1.87. The van der Waals surface area contributed by atoms with Crippen molar-refractivity contribution in [2.24, 2.45) is 0 Å². The summed E-state index contributed by atoms with van der Waals surface area (Å²) in [6.45, 7) is 1.46. The molecule has 0 saturated heterocycles. The summed E-state index contributed by atoms with van der Waals surface area (Å²) in [4.78, 5) is 27.7. The first-order chi connectivity index (χ1) is 14.4. The third-order valence-electron chi connectivity index (χ3n) is 4.58. The fraction of sp³-hybridized carbons (Fsp3) is 0.0435. The lowest BCUT2D eigenvalue weighted by molar-refractivity contribution is 0.514. The SMILES string of the molecule is Cc1cc(F)c(F)c2[nH]c(=O)n(-c3ccc(C#Cc4ccccc4)cc3Cl)c(=O)c12. The van der Waals surface area contributed by atoms with Gasteiger partial charge in [-0.3, -0.25) is 4.79 Å². The van der Waals surface area contributed by atoms with Crippen LogP contribution in [0, 0.1) is 30.4 Å². The van der Waals surface area contributed by atoms with Crippen molar-refractivity contribution in [3.63, 3.8) is 0 Å². The van der Waals surface area contributed by atoms with E-state index in [1.165, 1.54) is 19.1 Å². The number of aryl methyl sites for hydroxylation is 1. The number of nitrogens with one attached hydrogen (secondary N) is 1. The number of aromatic amines is 1. The molecule has 0 fully saturated rings. The molecule has 0 bridgehead atoms. The van der Waals surface area contributed by atoms with E-state index in [9.17, 15) is 18.4 Å². The molecule has 0 aliphatic heterocycles. The third kappa shape index (κ3) is 3.40. The maximum absolute atomic E-state index is 14.1. The summed E-state index contributed by atoms with van der Waals surface area (Å²) in [6.07, 6.45) is 0. The Kier molecular flexibility index (Phi) is 4.98. The normalized spacial score (nSPS) is 10.7. The van der Waals surface area contributed by atoms with E-state index in [0.717, 1.165) is 16.2 Å². The molecule has 1 N–H and O–H groups in total. The second kappa shape index (κ2) is 7.62. The van der Waals surface area contributed by atoms with E-state index in [-0.39, 0.29) is 21.7 Å². The average molecular weight is 423 g/mol. The molecule has 0 spiro atoms. The highest BCUT2D eigenvalue weighted by molar-refractivity contribution is 6.32. The largest absolute Gasteiger partial charge is 0.333 e. The minimum atomic E-state index is -1.28. The zero-order valence-corrected chi connectivity index (χ0v) is 16.3. The number of halogens is 3. The molecule has 30 heavy (non-hydrogen) atoms. The minimum Gasteiger partial charge on any atom is -0.304 e. The summed E-state index contributed by atoms with van der Waals surface area (Å²) in [7, 11) is 0. The standard InChI is InChI=1S/C23H13ClF2N2O2/c1-13-11-17(25)20(26)21-19(13)22(29)28(23(30)27-21)18-10-9-15(12-16(18)24)8-7-14-5-3-2-4-6-14/h2-6,9-12H,1H3,(H,27,30). The molecule has 4 aromatic rings. The summed E-state index contributed by atoms with van der Waals surface area (Å²) in [6, 6.07) is 14.9. The number of H-pyrrole nitrogens is 1. The molecule has 4 nitrogen and oxygen atoms in total. The van der Waals surface area contributed by atoms with Gasteiger partial charge in [-0.05, 0) is 48.9 Å². The summed E-state index contributed by atoms with van der Waals surface area (Å²) >= 11 is 6.32. The number of rotatable bonds is 1. The Labute approximate surface area is 174 Å². The minimum absolute atomic E-state index is 0.110. The first-order valence-electron chi connectivity index (χ1n) is 8.87. The van der Waals surface area contributed by atoms with Gasteiger partial charge in [-0.15, -0.1) is 0 Å². The third-order valence-corrected chi connectivity index (χ3v) is 4.89. The predicted octanol–water partition coefficient (Wildman–Crippen LogP) is 4.32. The first-order valence-corrected chi connectivity index (χ1v) is 9.25. The van der Waals surface area contributed by atoms with Crippen LogP contribution in [0.2, 0.25) is 5.02 Å². The molecule has 0 aliphatic carbocycles. The van der Waals surface area contributed by atoms with Crippen molar-refractivity contribution in [3.8, 4) is 17.5 Å². The Morgan fingerprint density at radius 3 is 2.37 bits per heavy atom. The molecule has 0 amide bonds. The molecule has 0 atom stereocenters. The van der Waals surface area contributed by atoms with Gasteiger partial charge in [0.05, 0.1) is 21.6 Å². The molecule has 0 aliphatic rings. The fourth-order valence-corrected chi connectivity index (χ4v) is 3.43. The molecule has 0 saturated carbocycles. The van der Waals surface area contributed by atoms with Gasteiger partial charge in [0, 0.05) is 11.1 Å². The second-order valence-electron chi connectivity index (χ2n) is 6.59. The van der Waals surface area contributed by atoms with Gasteiger partial charge < -0.3 is 4.98 Å². The van der Waals surface area contributed by atoms with Crippen LogP contribution < -0.4 is 11.2 Å². The highest BCUT2D eigenvalue weighted by Crippen LogP contribution is 2.22. The van der Waals surface area contributed by atoms with E-state index in [1.807, 2.05) is 30.3 Å². The predicted molar refractivity (Wildman–Crippen MR) is 112 cm³/mol. The average Bonchev–Trinajstić information content (AvgIpc) is 2.72. The number of fused-ring (bicyclic) bond motifs is 1. The number of hydrogen-bond acceptors (Lipinski definition) is 2. The Bertz CT molecular complexity index is 1480. The van der Waals surface area contributed by atoms with Crippen LogP contribution in [-0.4, -0.2) is 9.55 Å². The van der Waals surface area contributed by atoms with Crippen molar-refractivity contribution in [3.05, 3.63) is 109 Å². The van der Waals surface area contributed by atoms with Crippen LogP contribution >= 0.6 is 11.6 Å². The highest BCUT2D eigenvalue weighted by Gasteiger charge is 2.18. The number of nitrogens with zero attached hydrogens (tertiary/aromatic N) is 1. The molecule has 3 aromatic carbocycles. The van der Waals surface area contributed by atoms with Crippen molar-refractivity contribution < 1.29 is 8.78 Å². The maximum atomic E-state index is 14.1. The van der Waals surface area contributed by atoms with Crippen LogP contribution in [0.15, 0.2) is 64.2 Å². The van der Waals surface area contributed by atoms with Crippen LogP contribution in [0.25, 0.3) is 16.6 Å². The Morgan fingerprint density at radius 2 is 1.67 bits per heavy atom. The number of hydrogen-bond donors (Lipinski definition) is 1. The van der Waals surface area contributed by atoms with E-state index in [1.54, 1.807) is 6.07 Å². The van der Waals surface area contributed by atoms with Crippen molar-refractivity contribution in [2.75, 3.05) is 0 Å². The molecule has 7 heteroatoms. The van der Waals surface area contributed by atoms with Crippen LogP contribution in [0.4, 0.5) is 8.78 Å². The zero-order valence-electron chi connectivity index (χ0n) is 15.6. The van der Waals surface area contributed by atoms with Gasteiger partial charge in [0.25, 0.3) is 5.56 Å². The Hall–Kier alpha value is -3.69. The van der Waals surface area contributed by atoms with Crippen molar-refractivity contribution in [1.29, 1.82) is 0 Å². The van der Waals surface area contributed by atoms with Gasteiger partial charge in [-0.2, -0.15) is 0 Å². The van der Waals surface area contributed by atoms with Gasteiger partial charge in [0.15, 0.2) is 11.6 Å². The van der Waals surface area contributed by atoms with E-state index in [2.05, 4.69) is 16.8 Å². The lowest BCUT2D eigenvalue weighted by Gasteiger charge is -2.10. The van der Waals surface area contributed by atoms with E-state index < -0.39 is 28.4 Å². The molecule has 1 aromatic heterocycles. The molecule has 4 rings (SSSR count). The summed E-state index contributed by atoms with van der Waals surface area (Å²) in [5.74, 6) is 3.53. The first kappa shape index (κ1) is 19.6. The summed E-state index contributed by atoms with van der Waals surface area (Å²) in [5, 5.41) is -0.0143. The second-order valence-corrected chi connectivity index (χ2v) is 7.00. The monoisotopic (exact) mass is 422 g/mol. The molecular formula is C23H13ClF2N2O2. The number of benzene rings is 3. The summed E-state index contributed by atoms with van der Waals surface area (Å²) < 4.78 is 28.6. The van der Waals surface area contributed by atoms with Gasteiger partial charge in [0.1, 0.15) is 0 Å². The molecule has 1 heterocycles. The molecular weight excluding hydrogens is 410 g/mol. The van der Waals surface area contributed by atoms with E-state index in [0.29, 0.717) is 5.56 Å². The van der Waals surface area contributed by atoms with Crippen LogP contribution in [-0.2, 0) is 0 Å². The quantitative estimate of drug-likeness (QED) is 0.464. The van der Waals surface area contributed by atoms with Crippen molar-refractivity contribution >= 4 is 22.5 Å². The van der Waals surface area contributed by atoms with E-state index in [4.69, 9.17) is 11.6 Å². The smallest absolute Gasteiger partial charge is 0.304 e. The van der Waals surface area contributed by atoms with Gasteiger partial charge in [0.2, 0.25) is 0 Å². The molecule has 148 valence electrons. The fourth-order valence-electron chi connectivity index (χ4n) is 3.16. The lowest BCUT2D eigenvalue weighted by atomic mass is 10.1. The van der Waals surface area contributed by atoms with Crippen LogP contribution in [0.3, 0.4) is 0 Å². The maximum Gasteiger partial charge on any atom is 0.333 e. The van der Waals surface area contributed by atoms with Crippen LogP contribution in [0.5, 0.6) is 0 Å². The van der Waals surface area contributed by atoms with Crippen molar-refractivity contribution in [1.82, 2.24) is 9.55 Å². The Morgan fingerprint density at radius 1 is 0.967 bits per heavy atom. The van der Waals surface area contributed by atoms with Crippen LogP contribution in [0.1, 0.15) is 16.7 Å². The van der Waals surface area contributed by atoms with Gasteiger partial charge in [-0.25, -0.2) is 18.1 Å². The zero-order chi connectivity index (χ0) is 21.4. The van der Waals surface area contributed by atoms with Gasteiger partial charge >= 0.3 is 5.69 Å². The summed E-state index contributed by atoms with van der Waals surface area (Å²) in [5.41, 5.74) is -0.483. The topological polar surface area (TPSA) is 54.9 Å². The van der Waals surface area contributed by atoms with Gasteiger partial charge in [-0.1, -0.05) is 41.6 Å². The number of aromatic nitrogens is 2. The molecule has 0 radical (unpaired) electrons. The highest BCUT2D eigenvalue weighted by atomic mass is 35.5. The lowest BCUT2D eigenvalue weighted by Crippen LogP contribution is -2.34.